The van der Waals surface area contributed by atoms with E-state index in [0.29, 0.717) is 5.69 Å². The summed E-state index contributed by atoms with van der Waals surface area (Å²) in [6.45, 7) is 0. The van der Waals surface area contributed by atoms with Gasteiger partial charge in [0.25, 0.3) is 0 Å². The van der Waals surface area contributed by atoms with Crippen molar-refractivity contribution in [2.75, 3.05) is 0 Å². The van der Waals surface area contributed by atoms with Crippen LogP contribution in [0, 0.1) is 0 Å². The van der Waals surface area contributed by atoms with Gasteiger partial charge < -0.3 is 4.57 Å². The van der Waals surface area contributed by atoms with Crippen molar-refractivity contribution in [3.63, 3.8) is 0 Å². The summed E-state index contributed by atoms with van der Waals surface area (Å²) in [5, 5.41) is 1.08. The van der Waals surface area contributed by atoms with Gasteiger partial charge in [0.1, 0.15) is 5.69 Å². The molecule has 3 heteroatoms. The SMILES string of the molecule is Cn1ccc2cccc(N=C=O)c21. The van der Waals surface area contributed by atoms with Crippen molar-refractivity contribution >= 4 is 22.7 Å². The van der Waals surface area contributed by atoms with Gasteiger partial charge in [0.05, 0.1) is 5.52 Å². The van der Waals surface area contributed by atoms with Crippen LogP contribution in [0.3, 0.4) is 0 Å². The maximum atomic E-state index is 10.2. The van der Waals surface area contributed by atoms with Gasteiger partial charge in [-0.15, -0.1) is 0 Å². The number of aliphatic imine (C=N–C) groups is 1. The number of para-hydroxylation sites is 1. The van der Waals surface area contributed by atoms with Gasteiger partial charge in [-0.2, -0.15) is 4.99 Å². The number of rotatable bonds is 1. The topological polar surface area (TPSA) is 34.4 Å². The van der Waals surface area contributed by atoms with Crippen LogP contribution in [0.25, 0.3) is 10.9 Å². The normalized spacial score (nSPS) is 9.92. The van der Waals surface area contributed by atoms with Gasteiger partial charge in [-0.25, -0.2) is 4.79 Å². The van der Waals surface area contributed by atoms with E-state index in [2.05, 4.69) is 4.99 Å². The number of benzene rings is 1. The Morgan fingerprint density at radius 3 is 3.00 bits per heavy atom. The molecule has 0 aliphatic rings. The Hall–Kier alpha value is -1.86. The Balaban J connectivity index is 2.87. The van der Waals surface area contributed by atoms with E-state index in [1.807, 2.05) is 36.0 Å². The number of hydrogen-bond acceptors (Lipinski definition) is 2. The van der Waals surface area contributed by atoms with Crippen LogP contribution < -0.4 is 0 Å². The van der Waals surface area contributed by atoms with Crippen molar-refractivity contribution < 1.29 is 4.79 Å². The molecule has 3 nitrogen and oxygen atoms in total. The highest BCUT2D eigenvalue weighted by molar-refractivity contribution is 5.90. The number of nitrogens with zero attached hydrogens (tertiary/aromatic N) is 2. The Bertz CT molecular complexity index is 493. The Kier molecular flexibility index (Phi) is 1.72. The molecule has 0 saturated heterocycles. The molecule has 0 atom stereocenters. The molecule has 64 valence electrons. The number of isocyanates is 1. The lowest BCUT2D eigenvalue weighted by molar-refractivity contribution is 0.565. The van der Waals surface area contributed by atoms with Crippen LogP contribution >= 0.6 is 0 Å². The average Bonchev–Trinajstić information content (AvgIpc) is 2.50. The van der Waals surface area contributed by atoms with Crippen LogP contribution in [0.5, 0.6) is 0 Å². The highest BCUT2D eigenvalue weighted by atomic mass is 16.1. The molecule has 0 amide bonds. The Morgan fingerprint density at radius 1 is 1.38 bits per heavy atom. The molecule has 0 aliphatic carbocycles. The van der Waals surface area contributed by atoms with E-state index in [4.69, 9.17) is 0 Å². The van der Waals surface area contributed by atoms with Crippen LogP contribution in [0.4, 0.5) is 5.69 Å². The zero-order valence-corrected chi connectivity index (χ0v) is 7.19. The first-order chi connectivity index (χ1) is 6.33. The predicted octanol–water partition coefficient (Wildman–Crippen LogP) is 2.15. The van der Waals surface area contributed by atoms with E-state index >= 15 is 0 Å². The molecule has 13 heavy (non-hydrogen) atoms. The highest BCUT2D eigenvalue weighted by Crippen LogP contribution is 2.25. The number of fused-ring (bicyclic) bond motifs is 1. The molecule has 0 fully saturated rings. The molecule has 2 aromatic rings. The van der Waals surface area contributed by atoms with Gasteiger partial charge in [-0.05, 0) is 12.1 Å². The minimum atomic E-state index is 0.667. The van der Waals surface area contributed by atoms with Crippen molar-refractivity contribution in [1.29, 1.82) is 0 Å². The van der Waals surface area contributed by atoms with Crippen LogP contribution in [-0.2, 0) is 11.8 Å². The monoisotopic (exact) mass is 172 g/mol. The van der Waals surface area contributed by atoms with Crippen molar-refractivity contribution in [3.8, 4) is 0 Å². The second-order valence-electron chi connectivity index (χ2n) is 2.84. The Labute approximate surface area is 75.3 Å². The molecule has 1 aromatic carbocycles. The Morgan fingerprint density at radius 2 is 2.23 bits per heavy atom. The lowest BCUT2D eigenvalue weighted by atomic mass is 10.2. The third-order valence-electron chi connectivity index (χ3n) is 2.04. The minimum Gasteiger partial charge on any atom is -0.349 e. The molecule has 0 N–H and O–H groups in total. The van der Waals surface area contributed by atoms with E-state index in [1.165, 1.54) is 0 Å². The first-order valence-corrected chi connectivity index (χ1v) is 3.95. The van der Waals surface area contributed by atoms with Gasteiger partial charge >= 0.3 is 0 Å². The summed E-state index contributed by atoms with van der Waals surface area (Å²) in [5.41, 5.74) is 1.63. The number of hydrogen-bond donors (Lipinski definition) is 0. The quantitative estimate of drug-likeness (QED) is 0.479. The standard InChI is InChI=1S/C10H8N2O/c1-12-6-5-8-3-2-4-9(10(8)12)11-7-13/h2-6H,1H3. The van der Waals surface area contributed by atoms with Crippen LogP contribution in [0.1, 0.15) is 0 Å². The first kappa shape index (κ1) is 7.77. The lowest BCUT2D eigenvalue weighted by Crippen LogP contribution is -1.83. The molecule has 0 bridgehead atoms. The van der Waals surface area contributed by atoms with Gasteiger partial charge in [-0.3, -0.25) is 0 Å². The van der Waals surface area contributed by atoms with E-state index in [9.17, 15) is 4.79 Å². The van der Waals surface area contributed by atoms with Crippen molar-refractivity contribution in [1.82, 2.24) is 4.57 Å². The zero-order valence-electron chi connectivity index (χ0n) is 7.19. The van der Waals surface area contributed by atoms with E-state index in [-0.39, 0.29) is 0 Å². The van der Waals surface area contributed by atoms with Gasteiger partial charge in [0, 0.05) is 18.6 Å². The van der Waals surface area contributed by atoms with Crippen molar-refractivity contribution in [2.45, 2.75) is 0 Å². The van der Waals surface area contributed by atoms with Gasteiger partial charge in [0.15, 0.2) is 0 Å². The van der Waals surface area contributed by atoms with Crippen LogP contribution in [-0.4, -0.2) is 10.6 Å². The third kappa shape index (κ3) is 1.15. The van der Waals surface area contributed by atoms with Gasteiger partial charge in [0.2, 0.25) is 6.08 Å². The van der Waals surface area contributed by atoms with Gasteiger partial charge in [-0.1, -0.05) is 12.1 Å². The van der Waals surface area contributed by atoms with E-state index in [0.717, 1.165) is 10.9 Å². The van der Waals surface area contributed by atoms with Crippen LogP contribution in [0.15, 0.2) is 35.5 Å². The number of aromatic nitrogens is 1. The molecule has 1 aromatic heterocycles. The molecule has 0 saturated carbocycles. The smallest absolute Gasteiger partial charge is 0.240 e. The molecule has 0 spiro atoms. The summed E-state index contributed by atoms with van der Waals surface area (Å²) in [5.74, 6) is 0. The minimum absolute atomic E-state index is 0.667. The number of carbonyl (C=O) groups excluding carboxylic acids is 1. The van der Waals surface area contributed by atoms with E-state index < -0.39 is 0 Å². The summed E-state index contributed by atoms with van der Waals surface area (Å²) in [6, 6.07) is 7.64. The molecule has 2 rings (SSSR count). The molecular weight excluding hydrogens is 164 g/mol. The average molecular weight is 172 g/mol. The predicted molar refractivity (Wildman–Crippen MR) is 50.7 cm³/mol. The highest BCUT2D eigenvalue weighted by Gasteiger charge is 2.01. The summed E-state index contributed by atoms with van der Waals surface area (Å²) in [6.07, 6.45) is 3.49. The fraction of sp³-hybridized carbons (Fsp3) is 0.100. The summed E-state index contributed by atoms with van der Waals surface area (Å²) >= 11 is 0. The van der Waals surface area contributed by atoms with Crippen molar-refractivity contribution in [3.05, 3.63) is 30.5 Å². The fourth-order valence-electron chi connectivity index (χ4n) is 1.47. The second-order valence-corrected chi connectivity index (χ2v) is 2.84. The lowest BCUT2D eigenvalue weighted by Gasteiger charge is -1.98. The third-order valence-corrected chi connectivity index (χ3v) is 2.04. The van der Waals surface area contributed by atoms with Crippen LogP contribution in [0.2, 0.25) is 0 Å². The molecule has 0 unspecified atom stereocenters. The summed E-state index contributed by atoms with van der Waals surface area (Å²) in [7, 11) is 1.92. The summed E-state index contributed by atoms with van der Waals surface area (Å²) < 4.78 is 1.94. The summed E-state index contributed by atoms with van der Waals surface area (Å²) in [4.78, 5) is 13.8. The number of aryl methyl sites for hydroxylation is 1. The van der Waals surface area contributed by atoms with E-state index in [1.54, 1.807) is 12.1 Å². The molecule has 1 heterocycles. The second kappa shape index (κ2) is 2.88. The largest absolute Gasteiger partial charge is 0.349 e. The zero-order chi connectivity index (χ0) is 9.26. The maximum absolute atomic E-state index is 10.2. The first-order valence-electron chi connectivity index (χ1n) is 3.95. The molecule has 0 radical (unpaired) electrons. The molecular formula is C10H8N2O. The molecule has 0 aliphatic heterocycles. The maximum Gasteiger partial charge on any atom is 0.240 e. The fourth-order valence-corrected chi connectivity index (χ4v) is 1.47. The van der Waals surface area contributed by atoms with Crippen molar-refractivity contribution in [2.24, 2.45) is 12.0 Å².